The molecule has 1 atom stereocenters. The average Bonchev–Trinajstić information content (AvgIpc) is 3.21. The van der Waals surface area contributed by atoms with Crippen molar-refractivity contribution in [2.75, 3.05) is 18.0 Å². The normalized spacial score (nSPS) is 21.8. The third-order valence-corrected chi connectivity index (χ3v) is 4.31. The number of nitrogens with zero attached hydrogens (tertiary/aromatic N) is 6. The number of aryl methyl sites for hydroxylation is 1. The van der Waals surface area contributed by atoms with Gasteiger partial charge in [0.1, 0.15) is 5.60 Å². The topological polar surface area (TPSA) is 72.0 Å². The van der Waals surface area contributed by atoms with E-state index < -0.39 is 5.60 Å². The van der Waals surface area contributed by atoms with E-state index in [0.29, 0.717) is 19.5 Å². The van der Waals surface area contributed by atoms with E-state index in [0.717, 1.165) is 23.5 Å². The lowest BCUT2D eigenvalue weighted by Crippen LogP contribution is -2.38. The highest BCUT2D eigenvalue weighted by Gasteiger charge is 2.38. The molecule has 0 spiro atoms. The predicted octanol–water partition coefficient (Wildman–Crippen LogP) is 0.806. The molecule has 0 saturated carbocycles. The summed E-state index contributed by atoms with van der Waals surface area (Å²) in [5, 5.41) is 18.5. The van der Waals surface area contributed by atoms with Crippen LogP contribution in [0.15, 0.2) is 36.7 Å². The molecule has 0 aliphatic carbocycles. The first kappa shape index (κ1) is 13.3. The highest BCUT2D eigenvalue weighted by atomic mass is 16.3. The molecule has 7 heteroatoms. The van der Waals surface area contributed by atoms with Crippen LogP contribution in [0.3, 0.4) is 0 Å². The van der Waals surface area contributed by atoms with Crippen LogP contribution in [0.4, 0.5) is 5.95 Å². The quantitative estimate of drug-likeness (QED) is 0.774. The second-order valence-corrected chi connectivity index (χ2v) is 5.96. The molecule has 114 valence electrons. The maximum Gasteiger partial charge on any atom is 0.206 e. The van der Waals surface area contributed by atoms with Crippen LogP contribution in [0.25, 0.3) is 11.0 Å². The number of aromatic nitrogens is 5. The van der Waals surface area contributed by atoms with E-state index in [1.807, 2.05) is 25.2 Å². The third kappa shape index (κ3) is 2.14. The molecular weight excluding hydrogens is 280 g/mol. The summed E-state index contributed by atoms with van der Waals surface area (Å²) in [6.07, 6.45) is 4.09. The zero-order valence-electron chi connectivity index (χ0n) is 12.4. The molecule has 3 aromatic rings. The fraction of sp³-hybridized carbons (Fsp3) is 0.400. The smallest absolute Gasteiger partial charge is 0.206 e. The van der Waals surface area contributed by atoms with Crippen LogP contribution in [-0.4, -0.2) is 48.3 Å². The molecule has 0 radical (unpaired) electrons. The first-order valence-electron chi connectivity index (χ1n) is 7.38. The second-order valence-electron chi connectivity index (χ2n) is 5.96. The van der Waals surface area contributed by atoms with Gasteiger partial charge in [0.05, 0.1) is 30.3 Å². The van der Waals surface area contributed by atoms with Crippen LogP contribution < -0.4 is 4.90 Å². The van der Waals surface area contributed by atoms with Crippen molar-refractivity contribution in [3.8, 4) is 0 Å². The van der Waals surface area contributed by atoms with Crippen LogP contribution in [0.5, 0.6) is 0 Å². The van der Waals surface area contributed by atoms with Gasteiger partial charge in [0.25, 0.3) is 0 Å². The molecular formula is C15H18N6O. The van der Waals surface area contributed by atoms with Gasteiger partial charge in [-0.3, -0.25) is 0 Å². The van der Waals surface area contributed by atoms with Crippen molar-refractivity contribution in [3.05, 3.63) is 36.7 Å². The average molecular weight is 298 g/mol. The maximum absolute atomic E-state index is 10.8. The highest BCUT2D eigenvalue weighted by Crippen LogP contribution is 2.29. The van der Waals surface area contributed by atoms with Crippen molar-refractivity contribution in [3.63, 3.8) is 0 Å². The summed E-state index contributed by atoms with van der Waals surface area (Å²) < 4.78 is 3.76. The van der Waals surface area contributed by atoms with E-state index in [9.17, 15) is 5.11 Å². The van der Waals surface area contributed by atoms with Crippen LogP contribution in [0.2, 0.25) is 0 Å². The number of fused-ring (bicyclic) bond motifs is 1. The summed E-state index contributed by atoms with van der Waals surface area (Å²) in [6, 6.07) is 8.07. The Morgan fingerprint density at radius 2 is 2.18 bits per heavy atom. The van der Waals surface area contributed by atoms with Gasteiger partial charge in [0.2, 0.25) is 5.95 Å². The molecule has 1 N–H and O–H groups in total. The largest absolute Gasteiger partial charge is 0.386 e. The van der Waals surface area contributed by atoms with Gasteiger partial charge in [-0.25, -0.2) is 9.67 Å². The zero-order chi connectivity index (χ0) is 15.2. The van der Waals surface area contributed by atoms with Gasteiger partial charge in [0, 0.05) is 19.8 Å². The first-order valence-corrected chi connectivity index (χ1v) is 7.38. The molecule has 1 aliphatic rings. The van der Waals surface area contributed by atoms with Gasteiger partial charge < -0.3 is 14.6 Å². The fourth-order valence-electron chi connectivity index (χ4n) is 3.19. The molecule has 1 fully saturated rings. The number of anilines is 1. The molecule has 7 nitrogen and oxygen atoms in total. The fourth-order valence-corrected chi connectivity index (χ4v) is 3.19. The number of benzene rings is 1. The van der Waals surface area contributed by atoms with Crippen LogP contribution in [0.1, 0.15) is 6.42 Å². The minimum Gasteiger partial charge on any atom is -0.386 e. The van der Waals surface area contributed by atoms with E-state index in [1.54, 1.807) is 17.1 Å². The van der Waals surface area contributed by atoms with Gasteiger partial charge in [0.15, 0.2) is 0 Å². The van der Waals surface area contributed by atoms with E-state index in [4.69, 9.17) is 4.98 Å². The van der Waals surface area contributed by atoms with E-state index in [-0.39, 0.29) is 0 Å². The maximum atomic E-state index is 10.8. The summed E-state index contributed by atoms with van der Waals surface area (Å²) in [6.45, 7) is 1.78. The Hall–Kier alpha value is -2.41. The standard InChI is InChI=1S/C15H18N6O/c1-19-13-5-3-2-4-12(13)17-14(19)20-8-6-15(22,10-20)11-21-9-7-16-18-21/h2-5,7,9,22H,6,8,10-11H2,1H3. The molecule has 1 saturated heterocycles. The summed E-state index contributed by atoms with van der Waals surface area (Å²) >= 11 is 0. The number of para-hydroxylation sites is 2. The molecule has 22 heavy (non-hydrogen) atoms. The first-order chi connectivity index (χ1) is 10.6. The molecule has 3 heterocycles. The molecule has 1 unspecified atom stereocenters. The van der Waals surface area contributed by atoms with Crippen LogP contribution in [-0.2, 0) is 13.6 Å². The molecule has 2 aromatic heterocycles. The Morgan fingerprint density at radius 1 is 1.32 bits per heavy atom. The minimum absolute atomic E-state index is 0.452. The Balaban J connectivity index is 1.60. The number of rotatable bonds is 3. The van der Waals surface area contributed by atoms with Crippen molar-refractivity contribution in [2.45, 2.75) is 18.6 Å². The lowest BCUT2D eigenvalue weighted by Gasteiger charge is -2.23. The molecule has 0 bridgehead atoms. The van der Waals surface area contributed by atoms with E-state index in [2.05, 4.69) is 25.8 Å². The van der Waals surface area contributed by atoms with Crippen molar-refractivity contribution >= 4 is 17.0 Å². The van der Waals surface area contributed by atoms with Crippen molar-refractivity contribution in [2.24, 2.45) is 7.05 Å². The Labute approximate surface area is 127 Å². The Bertz CT molecular complexity index is 796. The molecule has 0 amide bonds. The van der Waals surface area contributed by atoms with Gasteiger partial charge in [-0.1, -0.05) is 17.3 Å². The lowest BCUT2D eigenvalue weighted by molar-refractivity contribution is 0.0408. The van der Waals surface area contributed by atoms with Crippen molar-refractivity contribution in [1.29, 1.82) is 0 Å². The lowest BCUT2D eigenvalue weighted by atomic mass is 10.0. The number of hydrogen-bond donors (Lipinski definition) is 1. The summed E-state index contributed by atoms with van der Waals surface area (Å²) in [4.78, 5) is 6.84. The number of imidazole rings is 1. The number of hydrogen-bond acceptors (Lipinski definition) is 5. The monoisotopic (exact) mass is 298 g/mol. The Kier molecular flexibility index (Phi) is 2.90. The molecule has 1 aromatic carbocycles. The van der Waals surface area contributed by atoms with Crippen LogP contribution in [0, 0.1) is 0 Å². The zero-order valence-corrected chi connectivity index (χ0v) is 12.4. The highest BCUT2D eigenvalue weighted by molar-refractivity contribution is 5.78. The summed E-state index contributed by atoms with van der Waals surface area (Å²) in [5.74, 6) is 0.899. The third-order valence-electron chi connectivity index (χ3n) is 4.31. The summed E-state index contributed by atoms with van der Waals surface area (Å²) in [7, 11) is 2.01. The van der Waals surface area contributed by atoms with Crippen molar-refractivity contribution in [1.82, 2.24) is 24.5 Å². The Morgan fingerprint density at radius 3 is 2.95 bits per heavy atom. The van der Waals surface area contributed by atoms with E-state index in [1.165, 1.54) is 0 Å². The number of β-amino-alcohol motifs (C(OH)–C–C–N with tert-alkyl or cyclic N) is 1. The second kappa shape index (κ2) is 4.81. The van der Waals surface area contributed by atoms with Gasteiger partial charge in [-0.05, 0) is 18.6 Å². The predicted molar refractivity (Wildman–Crippen MR) is 82.5 cm³/mol. The van der Waals surface area contributed by atoms with Crippen molar-refractivity contribution < 1.29 is 5.11 Å². The minimum atomic E-state index is -0.800. The molecule has 1 aliphatic heterocycles. The van der Waals surface area contributed by atoms with Gasteiger partial charge in [-0.15, -0.1) is 5.10 Å². The van der Waals surface area contributed by atoms with Crippen LogP contribution >= 0.6 is 0 Å². The SMILES string of the molecule is Cn1c(N2CCC(O)(Cn3ccnn3)C2)nc2ccccc21. The number of aliphatic hydroxyl groups is 1. The van der Waals surface area contributed by atoms with E-state index >= 15 is 0 Å². The van der Waals surface area contributed by atoms with Gasteiger partial charge in [-0.2, -0.15) is 0 Å². The molecule has 4 rings (SSSR count). The summed E-state index contributed by atoms with van der Waals surface area (Å²) in [5.41, 5.74) is 1.28. The van der Waals surface area contributed by atoms with Gasteiger partial charge >= 0.3 is 0 Å².